The van der Waals surface area contributed by atoms with Crippen LogP contribution in [-0.4, -0.2) is 14.4 Å². The van der Waals surface area contributed by atoms with Crippen LogP contribution in [0, 0.1) is 6.92 Å². The molecular formula is C14H31LiOSi. The van der Waals surface area contributed by atoms with Gasteiger partial charge < -0.3 is 11.3 Å². The minimum Gasteiger partial charge on any atom is -0.417 e. The van der Waals surface area contributed by atoms with E-state index in [1.54, 1.807) is 0 Å². The van der Waals surface area contributed by atoms with E-state index < -0.39 is 8.32 Å². The maximum absolute atomic E-state index is 6.37. The molecule has 0 bridgehead atoms. The van der Waals surface area contributed by atoms with Gasteiger partial charge in [-0.2, -0.15) is 6.42 Å². The predicted molar refractivity (Wildman–Crippen MR) is 76.2 cm³/mol. The molecule has 0 fully saturated rings. The van der Waals surface area contributed by atoms with E-state index in [0.717, 1.165) is 6.42 Å². The first kappa shape index (κ1) is 20.1. The van der Waals surface area contributed by atoms with Crippen LogP contribution in [0.25, 0.3) is 0 Å². The summed E-state index contributed by atoms with van der Waals surface area (Å²) in [5.41, 5.74) is 0. The second-order valence-corrected chi connectivity index (χ2v) is 11.0. The summed E-state index contributed by atoms with van der Waals surface area (Å²) in [7, 11) is -1.59. The monoisotopic (exact) mass is 250 g/mol. The zero-order valence-electron chi connectivity index (χ0n) is 13.2. The zero-order valence-corrected chi connectivity index (χ0v) is 14.2. The Bertz CT molecular complexity index is 187. The topological polar surface area (TPSA) is 9.23 Å². The van der Waals surface area contributed by atoms with Gasteiger partial charge >= 0.3 is 18.9 Å². The normalized spacial score (nSPS) is 14.3. The summed E-state index contributed by atoms with van der Waals surface area (Å²) in [5, 5.41) is 0.311. The summed E-state index contributed by atoms with van der Waals surface area (Å²) >= 11 is 0. The van der Waals surface area contributed by atoms with Crippen molar-refractivity contribution in [3.05, 3.63) is 6.92 Å². The summed E-state index contributed by atoms with van der Waals surface area (Å²) in [6, 6.07) is 0. The fraction of sp³-hybridized carbons (Fsp3) is 0.929. The first-order valence-corrected chi connectivity index (χ1v) is 9.62. The van der Waals surface area contributed by atoms with Crippen LogP contribution in [0.3, 0.4) is 0 Å². The molecule has 0 aromatic rings. The number of unbranched alkanes of at least 4 members (excludes halogenated alkanes) is 2. The van der Waals surface area contributed by atoms with Crippen LogP contribution in [0.5, 0.6) is 0 Å². The van der Waals surface area contributed by atoms with Crippen molar-refractivity contribution < 1.29 is 23.3 Å². The average molecular weight is 250 g/mol. The van der Waals surface area contributed by atoms with Gasteiger partial charge in [0.1, 0.15) is 0 Å². The fourth-order valence-electron chi connectivity index (χ4n) is 1.48. The van der Waals surface area contributed by atoms with Crippen LogP contribution in [0.1, 0.15) is 59.8 Å². The van der Waals surface area contributed by atoms with Gasteiger partial charge in [0.15, 0.2) is 8.32 Å². The Hall–Kier alpha value is 0.774. The van der Waals surface area contributed by atoms with E-state index in [1.807, 2.05) is 0 Å². The molecule has 98 valence electrons. The van der Waals surface area contributed by atoms with Crippen molar-refractivity contribution in [2.45, 2.75) is 84.0 Å². The van der Waals surface area contributed by atoms with Crippen molar-refractivity contribution in [3.8, 4) is 0 Å². The van der Waals surface area contributed by atoms with Crippen LogP contribution in [-0.2, 0) is 4.43 Å². The van der Waals surface area contributed by atoms with Crippen molar-refractivity contribution in [1.29, 1.82) is 0 Å². The molecule has 0 aromatic heterocycles. The van der Waals surface area contributed by atoms with Gasteiger partial charge in [-0.1, -0.05) is 47.0 Å². The van der Waals surface area contributed by atoms with Gasteiger partial charge in [0.2, 0.25) is 0 Å². The third-order valence-corrected chi connectivity index (χ3v) is 8.25. The molecule has 0 rings (SSSR count). The number of rotatable bonds is 7. The second kappa shape index (κ2) is 8.80. The van der Waals surface area contributed by atoms with Crippen LogP contribution in [0.15, 0.2) is 0 Å². The van der Waals surface area contributed by atoms with Gasteiger partial charge in [-0.15, -0.1) is 0 Å². The minimum absolute atomic E-state index is 0. The third-order valence-electron chi connectivity index (χ3n) is 3.72. The molecular weight excluding hydrogens is 219 g/mol. The Balaban J connectivity index is 0. The first-order chi connectivity index (χ1) is 7.24. The maximum Gasteiger partial charge on any atom is 1.00 e. The van der Waals surface area contributed by atoms with E-state index in [-0.39, 0.29) is 18.9 Å². The Labute approximate surface area is 122 Å². The summed E-state index contributed by atoms with van der Waals surface area (Å²) in [5.74, 6) is 0. The second-order valence-electron chi connectivity index (χ2n) is 6.28. The minimum atomic E-state index is -1.59. The molecule has 0 amide bonds. The Morgan fingerprint density at radius 3 is 2.06 bits per heavy atom. The van der Waals surface area contributed by atoms with Gasteiger partial charge in [0.25, 0.3) is 0 Å². The zero-order chi connectivity index (χ0) is 12.8. The molecule has 0 radical (unpaired) electrons. The Morgan fingerprint density at radius 1 is 1.18 bits per heavy atom. The van der Waals surface area contributed by atoms with Crippen molar-refractivity contribution in [2.24, 2.45) is 0 Å². The quantitative estimate of drug-likeness (QED) is 0.382. The van der Waals surface area contributed by atoms with Crippen LogP contribution in [0.4, 0.5) is 0 Å². The molecule has 0 aliphatic carbocycles. The molecule has 1 nitrogen and oxygen atoms in total. The van der Waals surface area contributed by atoms with E-state index in [0.29, 0.717) is 11.1 Å². The van der Waals surface area contributed by atoms with Crippen molar-refractivity contribution >= 4 is 8.32 Å². The van der Waals surface area contributed by atoms with Crippen molar-refractivity contribution in [3.63, 3.8) is 0 Å². The van der Waals surface area contributed by atoms with Gasteiger partial charge in [-0.25, -0.2) is 0 Å². The molecule has 0 heterocycles. The van der Waals surface area contributed by atoms with Crippen LogP contribution >= 0.6 is 0 Å². The summed E-state index contributed by atoms with van der Waals surface area (Å²) in [6.45, 7) is 17.8. The van der Waals surface area contributed by atoms with Gasteiger partial charge in [-0.3, -0.25) is 0 Å². The first-order valence-electron chi connectivity index (χ1n) is 6.71. The molecule has 3 heteroatoms. The van der Waals surface area contributed by atoms with E-state index in [9.17, 15) is 0 Å². The molecule has 0 aromatic carbocycles. The molecule has 0 N–H and O–H groups in total. The van der Waals surface area contributed by atoms with E-state index in [4.69, 9.17) is 4.43 Å². The molecule has 1 atom stereocenters. The van der Waals surface area contributed by atoms with Crippen molar-refractivity contribution in [1.82, 2.24) is 0 Å². The van der Waals surface area contributed by atoms with E-state index >= 15 is 0 Å². The summed E-state index contributed by atoms with van der Waals surface area (Å²) in [6.07, 6.45) is 6.36. The third kappa shape index (κ3) is 7.72. The van der Waals surface area contributed by atoms with Gasteiger partial charge in [0.05, 0.1) is 0 Å². The van der Waals surface area contributed by atoms with Crippen LogP contribution in [0.2, 0.25) is 18.1 Å². The maximum atomic E-state index is 6.37. The predicted octanol–water partition coefficient (Wildman–Crippen LogP) is 2.19. The molecule has 0 saturated carbocycles. The Morgan fingerprint density at radius 2 is 1.71 bits per heavy atom. The smallest absolute Gasteiger partial charge is 0.417 e. The number of hydrogen-bond donors (Lipinski definition) is 0. The SMILES string of the molecule is [CH2-]CC(CCCCC)O[Si](C)(C)C(C)(C)C.[Li+]. The standard InChI is InChI=1S/C14H31OSi.Li/c1-8-10-11-12-13(9-2)15-16(6,7)14(3,4)5;/h13H,2,8-12H2,1,3-7H3;/q-1;+1. The molecule has 1 unspecified atom stereocenters. The molecule has 0 aliphatic rings. The van der Waals surface area contributed by atoms with E-state index in [2.05, 4.69) is 47.7 Å². The van der Waals surface area contributed by atoms with Gasteiger partial charge in [-0.05, 0) is 24.6 Å². The van der Waals surface area contributed by atoms with E-state index in [1.165, 1.54) is 25.7 Å². The molecule has 0 saturated heterocycles. The van der Waals surface area contributed by atoms with Crippen molar-refractivity contribution in [2.75, 3.05) is 0 Å². The fourth-order valence-corrected chi connectivity index (χ4v) is 2.90. The average Bonchev–Trinajstić information content (AvgIpc) is 2.14. The van der Waals surface area contributed by atoms with Crippen LogP contribution < -0.4 is 18.9 Å². The Kier molecular flexibility index (Phi) is 10.4. The number of hydrogen-bond acceptors (Lipinski definition) is 1. The molecule has 0 aliphatic heterocycles. The van der Waals surface area contributed by atoms with Gasteiger partial charge in [0, 0.05) is 6.10 Å². The molecule has 17 heavy (non-hydrogen) atoms. The summed E-state index contributed by atoms with van der Waals surface area (Å²) < 4.78 is 6.37. The summed E-state index contributed by atoms with van der Waals surface area (Å²) in [4.78, 5) is 0. The molecule has 0 spiro atoms. The largest absolute Gasteiger partial charge is 1.00 e.